The van der Waals surface area contributed by atoms with E-state index < -0.39 is 5.60 Å². The number of hydrogen-bond donors (Lipinski definition) is 1. The number of aryl methyl sites for hydroxylation is 1. The van der Waals surface area contributed by atoms with Gasteiger partial charge in [0.2, 0.25) is 5.91 Å². The summed E-state index contributed by atoms with van der Waals surface area (Å²) in [5, 5.41) is 9.87. The molecule has 5 heteroatoms. The smallest absolute Gasteiger partial charge is 0.225 e. The first-order chi connectivity index (χ1) is 11.9. The monoisotopic (exact) mass is 343 g/mol. The summed E-state index contributed by atoms with van der Waals surface area (Å²) in [5.41, 5.74) is 2.58. The number of carbonyl (C=O) groups excluding carboxylic acids is 1. The Hall–Kier alpha value is -1.36. The lowest BCUT2D eigenvalue weighted by Crippen LogP contribution is -2.61. The molecule has 2 saturated carbocycles. The van der Waals surface area contributed by atoms with Gasteiger partial charge >= 0.3 is 0 Å². The van der Waals surface area contributed by atoms with E-state index in [9.17, 15) is 9.90 Å². The molecule has 25 heavy (non-hydrogen) atoms. The first-order valence-electron chi connectivity index (χ1n) is 10.00. The van der Waals surface area contributed by atoms with Crippen LogP contribution in [0.5, 0.6) is 0 Å². The van der Waals surface area contributed by atoms with Crippen LogP contribution in [0.3, 0.4) is 0 Å². The van der Waals surface area contributed by atoms with E-state index in [2.05, 4.69) is 4.57 Å². The van der Waals surface area contributed by atoms with Crippen molar-refractivity contribution in [2.45, 2.75) is 76.4 Å². The number of rotatable bonds is 2. The van der Waals surface area contributed by atoms with E-state index in [0.29, 0.717) is 24.2 Å². The number of likely N-dealkylation sites (tertiary alicyclic amines) is 1. The van der Waals surface area contributed by atoms with Gasteiger partial charge < -0.3 is 14.6 Å². The van der Waals surface area contributed by atoms with Crippen LogP contribution in [0.1, 0.15) is 69.2 Å². The Balaban J connectivity index is 1.21. The minimum absolute atomic E-state index is 0.0599. The number of nitrogens with zero attached hydrogens (tertiary/aromatic N) is 3. The SMILES string of the molecule is C[C@]1(O)C[C@@H](C(=O)N2CC3(CCC(c4ncn5c4CCCC5)C3)C2)C1. The normalized spacial score (nSPS) is 36.0. The zero-order valence-corrected chi connectivity index (χ0v) is 15.2. The van der Waals surface area contributed by atoms with Crippen LogP contribution in [0.15, 0.2) is 6.33 Å². The highest BCUT2D eigenvalue weighted by Crippen LogP contribution is 2.53. The van der Waals surface area contributed by atoms with Gasteiger partial charge in [-0.15, -0.1) is 0 Å². The molecule has 3 fully saturated rings. The van der Waals surface area contributed by atoms with E-state index >= 15 is 0 Å². The van der Waals surface area contributed by atoms with Crippen LogP contribution in [0.25, 0.3) is 0 Å². The number of amides is 1. The van der Waals surface area contributed by atoms with Crippen molar-refractivity contribution in [3.8, 4) is 0 Å². The minimum atomic E-state index is -0.610. The standard InChI is InChI=1S/C20H29N3O2/c1-19(25)8-15(9-19)18(24)23-11-20(12-23)6-5-14(10-20)17-16-4-2-3-7-22(16)13-21-17/h13-15,25H,2-12H2,1H3/t14?,15-,19+. The first kappa shape index (κ1) is 15.9. The van der Waals surface area contributed by atoms with Crippen LogP contribution in [-0.4, -0.2) is 44.2 Å². The molecular formula is C20H29N3O2. The summed E-state index contributed by atoms with van der Waals surface area (Å²) in [6.45, 7) is 4.82. The van der Waals surface area contributed by atoms with Gasteiger partial charge in [-0.2, -0.15) is 0 Å². The molecule has 2 aliphatic heterocycles. The van der Waals surface area contributed by atoms with Crippen LogP contribution in [0, 0.1) is 11.3 Å². The molecule has 1 saturated heterocycles. The summed E-state index contributed by atoms with van der Waals surface area (Å²) in [7, 11) is 0. The van der Waals surface area contributed by atoms with E-state index in [1.807, 2.05) is 18.2 Å². The first-order valence-corrected chi connectivity index (χ1v) is 10.00. The molecule has 5 nitrogen and oxygen atoms in total. The van der Waals surface area contributed by atoms with Crippen LogP contribution in [0.2, 0.25) is 0 Å². The van der Waals surface area contributed by atoms with Gasteiger partial charge in [0, 0.05) is 42.6 Å². The van der Waals surface area contributed by atoms with Gasteiger partial charge in [0.25, 0.3) is 0 Å². The van der Waals surface area contributed by atoms with E-state index in [1.165, 1.54) is 49.9 Å². The van der Waals surface area contributed by atoms with Crippen LogP contribution >= 0.6 is 0 Å². The van der Waals surface area contributed by atoms with Crippen molar-refractivity contribution in [1.29, 1.82) is 0 Å². The number of hydrogen-bond acceptors (Lipinski definition) is 3. The van der Waals surface area contributed by atoms with Crippen molar-refractivity contribution in [2.24, 2.45) is 11.3 Å². The molecule has 3 heterocycles. The molecule has 1 aromatic heterocycles. The molecule has 1 atom stereocenters. The Morgan fingerprint density at radius 1 is 1.28 bits per heavy atom. The average Bonchev–Trinajstić information content (AvgIpc) is 3.14. The predicted octanol–water partition coefficient (Wildman–Crippen LogP) is 2.48. The molecule has 5 rings (SSSR count). The lowest BCUT2D eigenvalue weighted by atomic mass is 9.69. The van der Waals surface area contributed by atoms with Crippen molar-refractivity contribution < 1.29 is 9.90 Å². The van der Waals surface area contributed by atoms with Crippen LogP contribution < -0.4 is 0 Å². The molecule has 2 aliphatic carbocycles. The van der Waals surface area contributed by atoms with Gasteiger partial charge in [-0.25, -0.2) is 4.98 Å². The van der Waals surface area contributed by atoms with Gasteiger partial charge in [-0.3, -0.25) is 4.79 Å². The fraction of sp³-hybridized carbons (Fsp3) is 0.800. The van der Waals surface area contributed by atoms with E-state index in [1.54, 1.807) is 0 Å². The molecule has 4 aliphatic rings. The van der Waals surface area contributed by atoms with Crippen molar-refractivity contribution >= 4 is 5.91 Å². The third-order valence-corrected chi connectivity index (χ3v) is 7.22. The second kappa shape index (κ2) is 5.32. The molecule has 0 aromatic carbocycles. The molecule has 1 spiro atoms. The highest BCUT2D eigenvalue weighted by Gasteiger charge is 2.53. The topological polar surface area (TPSA) is 58.4 Å². The zero-order valence-electron chi connectivity index (χ0n) is 15.2. The Kier molecular flexibility index (Phi) is 3.38. The maximum atomic E-state index is 12.5. The Bertz CT molecular complexity index is 694. The number of fused-ring (bicyclic) bond motifs is 1. The van der Waals surface area contributed by atoms with Crippen molar-refractivity contribution in [2.75, 3.05) is 13.1 Å². The summed E-state index contributed by atoms with van der Waals surface area (Å²) in [4.78, 5) is 19.4. The van der Waals surface area contributed by atoms with E-state index in [4.69, 9.17) is 4.98 Å². The fourth-order valence-corrected chi connectivity index (χ4v) is 5.89. The summed E-state index contributed by atoms with van der Waals surface area (Å²) < 4.78 is 2.36. The fourth-order valence-electron chi connectivity index (χ4n) is 5.89. The molecule has 1 unspecified atom stereocenters. The summed E-state index contributed by atoms with van der Waals surface area (Å²) in [5.74, 6) is 0.931. The number of aromatic nitrogens is 2. The van der Waals surface area contributed by atoms with Gasteiger partial charge in [0.1, 0.15) is 0 Å². The highest BCUT2D eigenvalue weighted by molar-refractivity contribution is 5.81. The minimum Gasteiger partial charge on any atom is -0.390 e. The molecule has 136 valence electrons. The summed E-state index contributed by atoms with van der Waals surface area (Å²) in [6, 6.07) is 0. The Labute approximate surface area is 149 Å². The summed E-state index contributed by atoms with van der Waals surface area (Å²) >= 11 is 0. The average molecular weight is 343 g/mol. The van der Waals surface area contributed by atoms with E-state index in [-0.39, 0.29) is 11.8 Å². The van der Waals surface area contributed by atoms with Crippen molar-refractivity contribution in [3.05, 3.63) is 17.7 Å². The quantitative estimate of drug-likeness (QED) is 0.897. The molecule has 0 radical (unpaired) electrons. The second-order valence-corrected chi connectivity index (χ2v) is 9.46. The number of aliphatic hydroxyl groups is 1. The maximum absolute atomic E-state index is 12.5. The van der Waals surface area contributed by atoms with Gasteiger partial charge in [-0.05, 0) is 58.3 Å². The van der Waals surface area contributed by atoms with Crippen LogP contribution in [0.4, 0.5) is 0 Å². The molecule has 1 amide bonds. The van der Waals surface area contributed by atoms with Gasteiger partial charge in [0.15, 0.2) is 0 Å². The zero-order chi connectivity index (χ0) is 17.2. The van der Waals surface area contributed by atoms with Gasteiger partial charge in [-0.1, -0.05) is 0 Å². The molecular weight excluding hydrogens is 314 g/mol. The summed E-state index contributed by atoms with van der Waals surface area (Å²) in [6.07, 6.45) is 10.7. The second-order valence-electron chi connectivity index (χ2n) is 9.46. The molecule has 0 bridgehead atoms. The lowest BCUT2D eigenvalue weighted by molar-refractivity contribution is -0.161. The third-order valence-electron chi connectivity index (χ3n) is 7.22. The maximum Gasteiger partial charge on any atom is 0.225 e. The largest absolute Gasteiger partial charge is 0.390 e. The number of imidazole rings is 1. The lowest BCUT2D eigenvalue weighted by Gasteiger charge is -2.52. The van der Waals surface area contributed by atoms with Crippen LogP contribution in [-0.2, 0) is 17.8 Å². The van der Waals surface area contributed by atoms with Gasteiger partial charge in [0.05, 0.1) is 17.6 Å². The highest BCUT2D eigenvalue weighted by atomic mass is 16.3. The van der Waals surface area contributed by atoms with E-state index in [0.717, 1.165) is 19.6 Å². The van der Waals surface area contributed by atoms with Crippen molar-refractivity contribution in [1.82, 2.24) is 14.5 Å². The Morgan fingerprint density at radius 2 is 2.08 bits per heavy atom. The number of carbonyl (C=O) groups is 1. The Morgan fingerprint density at radius 3 is 2.84 bits per heavy atom. The third kappa shape index (κ3) is 2.54. The predicted molar refractivity (Wildman–Crippen MR) is 94.1 cm³/mol. The molecule has 1 aromatic rings. The van der Waals surface area contributed by atoms with Crippen molar-refractivity contribution in [3.63, 3.8) is 0 Å². The molecule has 1 N–H and O–H groups in total.